The molecule has 1 amide bonds. The highest BCUT2D eigenvalue weighted by Gasteiger charge is 2.17. The normalized spacial score (nSPS) is 13.8. The van der Waals surface area contributed by atoms with Crippen molar-refractivity contribution in [1.82, 2.24) is 21.1 Å². The minimum Gasteiger partial charge on any atom is -0.479 e. The third-order valence-electron chi connectivity index (χ3n) is 4.90. The Morgan fingerprint density at radius 1 is 1.24 bits per heavy atom. The molecule has 0 saturated carbocycles. The SMILES string of the molecule is Cc1ccc(OCc2ccc(C(=O)NNC(=S)NCCCN3CCOCC3)o2)c([N+](=O)[O-])c1. The average molecular weight is 478 g/mol. The Morgan fingerprint density at radius 2 is 2.03 bits per heavy atom. The summed E-state index contributed by atoms with van der Waals surface area (Å²) in [4.78, 5) is 25.3. The molecular weight excluding hydrogens is 450 g/mol. The largest absolute Gasteiger partial charge is 0.479 e. The van der Waals surface area contributed by atoms with Crippen LogP contribution in [-0.2, 0) is 11.3 Å². The molecule has 1 aromatic carbocycles. The fourth-order valence-corrected chi connectivity index (χ4v) is 3.32. The first-order chi connectivity index (χ1) is 15.9. The summed E-state index contributed by atoms with van der Waals surface area (Å²) in [6.07, 6.45) is 0.913. The second-order valence-corrected chi connectivity index (χ2v) is 7.83. The number of nitrogens with zero attached hydrogens (tertiary/aromatic N) is 2. The number of aryl methyl sites for hydroxylation is 1. The van der Waals surface area contributed by atoms with Crippen molar-refractivity contribution in [3.8, 4) is 5.75 Å². The van der Waals surface area contributed by atoms with E-state index >= 15 is 0 Å². The van der Waals surface area contributed by atoms with Crippen LogP contribution >= 0.6 is 12.2 Å². The van der Waals surface area contributed by atoms with Crippen molar-refractivity contribution < 1.29 is 23.6 Å². The van der Waals surface area contributed by atoms with Gasteiger partial charge < -0.3 is 19.2 Å². The molecule has 12 heteroatoms. The van der Waals surface area contributed by atoms with Gasteiger partial charge in [-0.1, -0.05) is 6.07 Å². The molecule has 3 N–H and O–H groups in total. The Hall–Kier alpha value is -3.22. The molecule has 1 saturated heterocycles. The van der Waals surface area contributed by atoms with E-state index in [4.69, 9.17) is 26.1 Å². The highest BCUT2D eigenvalue weighted by molar-refractivity contribution is 7.80. The molecule has 0 aliphatic carbocycles. The van der Waals surface area contributed by atoms with Crippen LogP contribution in [0.15, 0.2) is 34.7 Å². The van der Waals surface area contributed by atoms with Crippen LogP contribution in [0.4, 0.5) is 5.69 Å². The van der Waals surface area contributed by atoms with Crippen LogP contribution in [0, 0.1) is 17.0 Å². The number of nitro benzene ring substituents is 1. The van der Waals surface area contributed by atoms with Crippen LogP contribution in [-0.4, -0.2) is 60.2 Å². The van der Waals surface area contributed by atoms with Crippen LogP contribution in [0.5, 0.6) is 5.75 Å². The zero-order valence-electron chi connectivity index (χ0n) is 18.3. The van der Waals surface area contributed by atoms with Crippen molar-refractivity contribution in [1.29, 1.82) is 0 Å². The number of benzene rings is 1. The van der Waals surface area contributed by atoms with E-state index in [0.29, 0.717) is 17.4 Å². The minimum absolute atomic E-state index is 0.0506. The van der Waals surface area contributed by atoms with E-state index in [1.165, 1.54) is 18.2 Å². The number of thiocarbonyl (C=S) groups is 1. The van der Waals surface area contributed by atoms with Crippen LogP contribution in [0.3, 0.4) is 0 Å². The fourth-order valence-electron chi connectivity index (χ4n) is 3.17. The van der Waals surface area contributed by atoms with Crippen LogP contribution in [0.25, 0.3) is 0 Å². The zero-order valence-corrected chi connectivity index (χ0v) is 19.1. The predicted octanol–water partition coefficient (Wildman–Crippen LogP) is 1.91. The molecule has 1 fully saturated rings. The Balaban J connectivity index is 1.38. The summed E-state index contributed by atoms with van der Waals surface area (Å²) in [6, 6.07) is 7.73. The number of hydrogen-bond donors (Lipinski definition) is 3. The maximum Gasteiger partial charge on any atom is 0.311 e. The van der Waals surface area contributed by atoms with Crippen molar-refractivity contribution >= 4 is 28.9 Å². The van der Waals surface area contributed by atoms with Crippen molar-refractivity contribution in [3.63, 3.8) is 0 Å². The lowest BCUT2D eigenvalue weighted by molar-refractivity contribution is -0.386. The van der Waals surface area contributed by atoms with E-state index < -0.39 is 10.8 Å². The first-order valence-corrected chi connectivity index (χ1v) is 10.9. The van der Waals surface area contributed by atoms with E-state index in [-0.39, 0.29) is 23.8 Å². The molecule has 2 heterocycles. The van der Waals surface area contributed by atoms with Gasteiger partial charge in [0.05, 0.1) is 18.1 Å². The van der Waals surface area contributed by atoms with E-state index in [0.717, 1.165) is 44.8 Å². The first kappa shape index (κ1) is 24.4. The molecule has 3 rings (SSSR count). The summed E-state index contributed by atoms with van der Waals surface area (Å²) in [5, 5.41) is 14.5. The lowest BCUT2D eigenvalue weighted by Crippen LogP contribution is -2.47. The number of carbonyl (C=O) groups excluding carboxylic acids is 1. The number of rotatable bonds is 9. The summed E-state index contributed by atoms with van der Waals surface area (Å²) in [5.74, 6) is 0.00760. The summed E-state index contributed by atoms with van der Waals surface area (Å²) >= 11 is 5.16. The number of nitro groups is 1. The summed E-state index contributed by atoms with van der Waals surface area (Å²) < 4.78 is 16.3. The molecule has 0 unspecified atom stereocenters. The molecule has 0 atom stereocenters. The highest BCUT2D eigenvalue weighted by Crippen LogP contribution is 2.28. The second-order valence-electron chi connectivity index (χ2n) is 7.43. The van der Waals surface area contributed by atoms with Gasteiger partial charge in [-0.05, 0) is 55.9 Å². The fraction of sp³-hybridized carbons (Fsp3) is 0.429. The van der Waals surface area contributed by atoms with Gasteiger partial charge in [0.15, 0.2) is 16.6 Å². The highest BCUT2D eigenvalue weighted by atomic mass is 32.1. The lowest BCUT2D eigenvalue weighted by atomic mass is 10.2. The number of amides is 1. The van der Waals surface area contributed by atoms with E-state index in [9.17, 15) is 14.9 Å². The number of carbonyl (C=O) groups is 1. The molecule has 1 aliphatic rings. The van der Waals surface area contributed by atoms with Crippen molar-refractivity contribution in [3.05, 3.63) is 57.5 Å². The van der Waals surface area contributed by atoms with Gasteiger partial charge in [0.25, 0.3) is 0 Å². The maximum absolute atomic E-state index is 12.3. The molecular formula is C21H27N5O6S. The van der Waals surface area contributed by atoms with Gasteiger partial charge in [-0.25, -0.2) is 0 Å². The Bertz CT molecular complexity index is 976. The molecule has 11 nitrogen and oxygen atoms in total. The van der Waals surface area contributed by atoms with E-state index in [2.05, 4.69) is 21.1 Å². The first-order valence-electron chi connectivity index (χ1n) is 10.5. The predicted molar refractivity (Wildman–Crippen MR) is 124 cm³/mol. The van der Waals surface area contributed by atoms with Gasteiger partial charge >= 0.3 is 11.6 Å². The monoisotopic (exact) mass is 477 g/mol. The van der Waals surface area contributed by atoms with E-state index in [1.807, 2.05) is 0 Å². The molecule has 33 heavy (non-hydrogen) atoms. The molecule has 178 valence electrons. The number of morpholine rings is 1. The molecule has 0 spiro atoms. The molecule has 1 aliphatic heterocycles. The molecule has 0 radical (unpaired) electrons. The average Bonchev–Trinajstić information content (AvgIpc) is 3.29. The van der Waals surface area contributed by atoms with Crippen molar-refractivity contribution in [2.45, 2.75) is 20.0 Å². The number of hydrazine groups is 1. The zero-order chi connectivity index (χ0) is 23.6. The number of nitrogens with one attached hydrogen (secondary N) is 3. The Kier molecular flexibility index (Phi) is 8.98. The van der Waals surface area contributed by atoms with Gasteiger partial charge in [0.2, 0.25) is 0 Å². The lowest BCUT2D eigenvalue weighted by Gasteiger charge is -2.26. The third kappa shape index (κ3) is 7.70. The maximum atomic E-state index is 12.3. The third-order valence-corrected chi connectivity index (χ3v) is 5.14. The molecule has 0 bridgehead atoms. The second kappa shape index (κ2) is 12.1. The van der Waals surface area contributed by atoms with Gasteiger partial charge in [-0.3, -0.25) is 30.7 Å². The summed E-state index contributed by atoms with van der Waals surface area (Å²) in [7, 11) is 0. The van der Waals surface area contributed by atoms with E-state index in [1.54, 1.807) is 19.1 Å². The van der Waals surface area contributed by atoms with Gasteiger partial charge in [-0.2, -0.15) is 0 Å². The van der Waals surface area contributed by atoms with Crippen LogP contribution in [0.1, 0.15) is 28.3 Å². The Labute approximate surface area is 196 Å². The number of hydrogen-bond acceptors (Lipinski definition) is 8. The van der Waals surface area contributed by atoms with Gasteiger partial charge in [0, 0.05) is 25.7 Å². The van der Waals surface area contributed by atoms with Crippen molar-refractivity contribution in [2.24, 2.45) is 0 Å². The van der Waals surface area contributed by atoms with Gasteiger partial charge in [-0.15, -0.1) is 0 Å². The van der Waals surface area contributed by atoms with Crippen LogP contribution < -0.4 is 20.9 Å². The smallest absolute Gasteiger partial charge is 0.311 e. The summed E-state index contributed by atoms with van der Waals surface area (Å²) in [5.41, 5.74) is 5.72. The number of furan rings is 1. The quantitative estimate of drug-likeness (QED) is 0.213. The van der Waals surface area contributed by atoms with Gasteiger partial charge in [0.1, 0.15) is 12.4 Å². The van der Waals surface area contributed by atoms with Crippen molar-refractivity contribution in [2.75, 3.05) is 39.4 Å². The van der Waals surface area contributed by atoms with Crippen LogP contribution in [0.2, 0.25) is 0 Å². The Morgan fingerprint density at radius 3 is 2.79 bits per heavy atom. The number of ether oxygens (including phenoxy) is 2. The standard InChI is InChI=1S/C21H27N5O6S/c1-15-3-5-18(17(13-15)26(28)29)31-14-16-4-6-19(32-16)20(27)23-24-21(33)22-7-2-8-25-9-11-30-12-10-25/h3-6,13H,2,7-12,14H2,1H3,(H,23,27)(H2,22,24,33). The molecule has 2 aromatic rings. The molecule has 1 aromatic heterocycles. The summed E-state index contributed by atoms with van der Waals surface area (Å²) in [6.45, 7) is 6.74. The minimum atomic E-state index is -0.514. The topological polar surface area (TPSA) is 131 Å².